The molecule has 36 heavy (non-hydrogen) atoms. The van der Waals surface area contributed by atoms with Crippen molar-refractivity contribution in [3.05, 3.63) is 121 Å². The van der Waals surface area contributed by atoms with E-state index in [0.717, 1.165) is 55.4 Å². The highest BCUT2D eigenvalue weighted by Crippen LogP contribution is 2.44. The van der Waals surface area contributed by atoms with Crippen LogP contribution in [0.2, 0.25) is 0 Å². The normalized spacial score (nSPS) is 12.0. The van der Waals surface area contributed by atoms with Crippen molar-refractivity contribution in [2.75, 3.05) is 0 Å². The number of para-hydroxylation sites is 2. The molecule has 0 unspecified atom stereocenters. The van der Waals surface area contributed by atoms with Gasteiger partial charge in [-0.25, -0.2) is 0 Å². The van der Waals surface area contributed by atoms with Gasteiger partial charge in [0.25, 0.3) is 0 Å². The Balaban J connectivity index is 1.64. The van der Waals surface area contributed by atoms with Crippen molar-refractivity contribution in [1.29, 1.82) is 0 Å². The van der Waals surface area contributed by atoms with E-state index < -0.39 is 0 Å². The highest BCUT2D eigenvalue weighted by Gasteiger charge is 2.25. The fraction of sp³-hybridized carbons (Fsp3) is 0.0303. The number of hydrogen-bond acceptors (Lipinski definition) is 2. The van der Waals surface area contributed by atoms with Gasteiger partial charge in [-0.3, -0.25) is 0 Å². The molecule has 172 valence electrons. The molecule has 0 atom stereocenters. The zero-order valence-electron chi connectivity index (χ0n) is 19.9. The van der Waals surface area contributed by atoms with Crippen LogP contribution < -0.4 is 0 Å². The summed E-state index contributed by atoms with van der Waals surface area (Å²) >= 11 is 0. The first-order valence-electron chi connectivity index (χ1n) is 12.1. The SMILES string of the molecule is C=C/C=C\c1c(-c2ccccc2)ccc(-n2c3c4ccccc4oc3c3oc4ccccc4c32)c1C. The standard InChI is InChI=1S/C33H23NO2/c1-3-4-14-23-21(2)27(20-19-24(23)22-12-6-5-7-13-22)34-30-25-15-8-10-17-28(25)35-32(30)33-31(34)26-16-9-11-18-29(26)36-33/h3-20H,1H2,2H3/b14-4-. The first-order chi connectivity index (χ1) is 17.8. The van der Waals surface area contributed by atoms with Crippen LogP contribution in [0.3, 0.4) is 0 Å². The Morgan fingerprint density at radius 1 is 0.694 bits per heavy atom. The number of allylic oxidation sites excluding steroid dienone is 2. The van der Waals surface area contributed by atoms with Gasteiger partial charge in [0.1, 0.15) is 22.2 Å². The number of benzene rings is 4. The number of aromatic nitrogens is 1. The van der Waals surface area contributed by atoms with E-state index in [0.29, 0.717) is 0 Å². The van der Waals surface area contributed by atoms with E-state index in [1.165, 1.54) is 16.7 Å². The minimum absolute atomic E-state index is 0.775. The lowest BCUT2D eigenvalue weighted by molar-refractivity contribution is 0.634. The summed E-state index contributed by atoms with van der Waals surface area (Å²) in [5.41, 5.74) is 11.1. The Hall–Kier alpha value is -4.76. The molecule has 0 aliphatic heterocycles. The summed E-state index contributed by atoms with van der Waals surface area (Å²) in [4.78, 5) is 0. The number of rotatable bonds is 4. The Kier molecular flexibility index (Phi) is 4.52. The van der Waals surface area contributed by atoms with Crippen molar-refractivity contribution in [1.82, 2.24) is 4.57 Å². The van der Waals surface area contributed by atoms with E-state index in [4.69, 9.17) is 8.83 Å². The highest BCUT2D eigenvalue weighted by atomic mass is 16.4. The molecule has 7 rings (SSSR count). The second kappa shape index (κ2) is 7.89. The average Bonchev–Trinajstić information content (AvgIpc) is 3.57. The van der Waals surface area contributed by atoms with Gasteiger partial charge >= 0.3 is 0 Å². The molecule has 0 saturated carbocycles. The Labute approximate surface area is 208 Å². The molecule has 0 amide bonds. The minimum atomic E-state index is 0.775. The molecule has 3 aromatic heterocycles. The first kappa shape index (κ1) is 20.6. The van der Waals surface area contributed by atoms with Gasteiger partial charge in [0.2, 0.25) is 0 Å². The highest BCUT2D eigenvalue weighted by molar-refractivity contribution is 6.20. The average molecular weight is 466 g/mol. The zero-order valence-corrected chi connectivity index (χ0v) is 19.9. The molecule has 0 bridgehead atoms. The van der Waals surface area contributed by atoms with Crippen molar-refractivity contribution in [2.45, 2.75) is 6.92 Å². The number of nitrogens with zero attached hydrogens (tertiary/aromatic N) is 1. The minimum Gasteiger partial charge on any atom is -0.450 e. The number of hydrogen-bond donors (Lipinski definition) is 0. The fourth-order valence-electron chi connectivity index (χ4n) is 5.38. The van der Waals surface area contributed by atoms with Crippen molar-refractivity contribution >= 4 is 50.2 Å². The smallest absolute Gasteiger partial charge is 0.196 e. The summed E-state index contributed by atoms with van der Waals surface area (Å²) in [6.45, 7) is 6.09. The van der Waals surface area contributed by atoms with Crippen molar-refractivity contribution < 1.29 is 8.83 Å². The van der Waals surface area contributed by atoms with Crippen molar-refractivity contribution in [2.24, 2.45) is 0 Å². The van der Waals surface area contributed by atoms with Crippen LogP contribution in [0.4, 0.5) is 0 Å². The van der Waals surface area contributed by atoms with Gasteiger partial charge in [0, 0.05) is 10.8 Å². The summed E-state index contributed by atoms with van der Waals surface area (Å²) < 4.78 is 15.1. The quantitative estimate of drug-likeness (QED) is 0.242. The van der Waals surface area contributed by atoms with Gasteiger partial charge in [-0.05, 0) is 59.5 Å². The van der Waals surface area contributed by atoms with Crippen LogP contribution in [0.1, 0.15) is 11.1 Å². The Bertz CT molecular complexity index is 1870. The maximum Gasteiger partial charge on any atom is 0.196 e. The van der Waals surface area contributed by atoms with Gasteiger partial charge in [-0.2, -0.15) is 0 Å². The monoisotopic (exact) mass is 465 g/mol. The predicted molar refractivity (Wildman–Crippen MR) is 150 cm³/mol. The second-order valence-electron chi connectivity index (χ2n) is 9.02. The lowest BCUT2D eigenvalue weighted by atomic mass is 9.94. The molecule has 7 aromatic rings. The molecule has 0 saturated heterocycles. The van der Waals surface area contributed by atoms with Crippen LogP contribution in [0.25, 0.3) is 67.0 Å². The molecular formula is C33H23NO2. The van der Waals surface area contributed by atoms with Crippen molar-refractivity contribution in [3.8, 4) is 16.8 Å². The molecular weight excluding hydrogens is 442 g/mol. The molecule has 0 N–H and O–H groups in total. The van der Waals surface area contributed by atoms with Crippen molar-refractivity contribution in [3.63, 3.8) is 0 Å². The largest absolute Gasteiger partial charge is 0.450 e. The molecule has 3 heterocycles. The summed E-state index contributed by atoms with van der Waals surface area (Å²) in [5, 5.41) is 2.13. The van der Waals surface area contributed by atoms with Gasteiger partial charge in [-0.1, -0.05) is 85.5 Å². The van der Waals surface area contributed by atoms with Crippen LogP contribution in [0.15, 0.2) is 119 Å². The fourth-order valence-corrected chi connectivity index (χ4v) is 5.38. The Morgan fingerprint density at radius 3 is 1.89 bits per heavy atom. The third kappa shape index (κ3) is 2.86. The summed E-state index contributed by atoms with van der Waals surface area (Å²) in [6.07, 6.45) is 5.97. The lowest BCUT2D eigenvalue weighted by Gasteiger charge is -2.16. The lowest BCUT2D eigenvalue weighted by Crippen LogP contribution is -2.00. The Morgan fingerprint density at radius 2 is 1.28 bits per heavy atom. The second-order valence-corrected chi connectivity index (χ2v) is 9.02. The van der Waals surface area contributed by atoms with Crippen LogP contribution in [-0.4, -0.2) is 4.57 Å². The summed E-state index contributed by atoms with van der Waals surface area (Å²) in [5.74, 6) is 0. The molecule has 0 aliphatic carbocycles. The van der Waals surface area contributed by atoms with E-state index in [-0.39, 0.29) is 0 Å². The van der Waals surface area contributed by atoms with Gasteiger partial charge in [0.05, 0.1) is 5.69 Å². The van der Waals surface area contributed by atoms with Gasteiger partial charge in [-0.15, -0.1) is 0 Å². The molecule has 0 aliphatic rings. The van der Waals surface area contributed by atoms with E-state index in [9.17, 15) is 0 Å². The van der Waals surface area contributed by atoms with Gasteiger partial charge in [0.15, 0.2) is 11.2 Å². The van der Waals surface area contributed by atoms with Crippen LogP contribution in [0, 0.1) is 6.92 Å². The molecule has 0 radical (unpaired) electrons. The number of furan rings is 2. The number of fused-ring (bicyclic) bond motifs is 7. The van der Waals surface area contributed by atoms with E-state index in [1.54, 1.807) is 0 Å². The third-order valence-corrected chi connectivity index (χ3v) is 7.00. The maximum absolute atomic E-state index is 6.38. The topological polar surface area (TPSA) is 31.2 Å². The summed E-state index contributed by atoms with van der Waals surface area (Å²) in [6, 6.07) is 31.3. The van der Waals surface area contributed by atoms with Crippen LogP contribution >= 0.6 is 0 Å². The first-order valence-corrected chi connectivity index (χ1v) is 12.1. The molecule has 3 heteroatoms. The molecule has 4 aromatic carbocycles. The predicted octanol–water partition coefficient (Wildman–Crippen LogP) is 9.45. The molecule has 0 spiro atoms. The maximum atomic E-state index is 6.38. The van der Waals surface area contributed by atoms with E-state index in [2.05, 4.69) is 84.8 Å². The van der Waals surface area contributed by atoms with E-state index in [1.807, 2.05) is 42.5 Å². The zero-order chi connectivity index (χ0) is 24.2. The molecule has 3 nitrogen and oxygen atoms in total. The van der Waals surface area contributed by atoms with Crippen LogP contribution in [0.5, 0.6) is 0 Å². The third-order valence-electron chi connectivity index (χ3n) is 7.00. The van der Waals surface area contributed by atoms with Crippen LogP contribution in [-0.2, 0) is 0 Å². The molecule has 0 fully saturated rings. The summed E-state index contributed by atoms with van der Waals surface area (Å²) in [7, 11) is 0. The van der Waals surface area contributed by atoms with E-state index >= 15 is 0 Å². The van der Waals surface area contributed by atoms with Gasteiger partial charge < -0.3 is 13.4 Å².